The van der Waals surface area contributed by atoms with Crippen LogP contribution in [0.15, 0.2) is 6.07 Å². The van der Waals surface area contributed by atoms with E-state index in [4.69, 9.17) is 17.3 Å². The number of aliphatic hydroxyl groups is 1. The predicted molar refractivity (Wildman–Crippen MR) is 55.2 cm³/mol. The molecule has 72 valence electrons. The molecular weight excluding hydrogens is 206 g/mol. The van der Waals surface area contributed by atoms with Crippen molar-refractivity contribution in [1.29, 1.82) is 0 Å². The topological polar surface area (TPSA) is 46.2 Å². The molecule has 1 atom stereocenters. The van der Waals surface area contributed by atoms with Crippen LogP contribution in [-0.4, -0.2) is 11.7 Å². The molecule has 0 saturated carbocycles. The summed E-state index contributed by atoms with van der Waals surface area (Å²) in [5, 5.41) is 9.24. The SMILES string of the molecule is NC1(CO)CCCc2sc(Cl)cc21. The molecule has 4 heteroatoms. The molecule has 1 heterocycles. The van der Waals surface area contributed by atoms with Gasteiger partial charge in [-0.25, -0.2) is 0 Å². The summed E-state index contributed by atoms with van der Waals surface area (Å²) in [6, 6.07) is 1.90. The third kappa shape index (κ3) is 1.50. The molecule has 1 aromatic heterocycles. The number of fused-ring (bicyclic) bond motifs is 1. The second kappa shape index (κ2) is 3.24. The molecule has 3 N–H and O–H groups in total. The van der Waals surface area contributed by atoms with Gasteiger partial charge >= 0.3 is 0 Å². The van der Waals surface area contributed by atoms with Crippen molar-refractivity contribution in [2.24, 2.45) is 5.73 Å². The zero-order valence-corrected chi connectivity index (χ0v) is 8.79. The molecule has 0 amide bonds. The maximum absolute atomic E-state index is 9.24. The number of halogens is 1. The van der Waals surface area contributed by atoms with E-state index in [0.29, 0.717) is 0 Å². The summed E-state index contributed by atoms with van der Waals surface area (Å²) in [5.74, 6) is 0. The molecule has 0 bridgehead atoms. The van der Waals surface area contributed by atoms with E-state index in [1.54, 1.807) is 11.3 Å². The molecule has 13 heavy (non-hydrogen) atoms. The van der Waals surface area contributed by atoms with E-state index in [0.717, 1.165) is 29.2 Å². The Morgan fingerprint density at radius 3 is 3.15 bits per heavy atom. The summed E-state index contributed by atoms with van der Waals surface area (Å²) in [6.45, 7) is 0.00701. The highest BCUT2D eigenvalue weighted by Crippen LogP contribution is 2.39. The van der Waals surface area contributed by atoms with Crippen LogP contribution in [0.4, 0.5) is 0 Å². The first-order valence-electron chi connectivity index (χ1n) is 4.34. The number of hydrogen-bond acceptors (Lipinski definition) is 3. The average molecular weight is 218 g/mol. The van der Waals surface area contributed by atoms with Gasteiger partial charge in [-0.15, -0.1) is 11.3 Å². The highest BCUT2D eigenvalue weighted by Gasteiger charge is 2.33. The Morgan fingerprint density at radius 1 is 1.69 bits per heavy atom. The van der Waals surface area contributed by atoms with Crippen LogP contribution in [-0.2, 0) is 12.0 Å². The minimum Gasteiger partial charge on any atom is -0.394 e. The lowest BCUT2D eigenvalue weighted by atomic mass is 9.82. The Labute approximate surface area is 86.3 Å². The molecule has 1 aromatic rings. The van der Waals surface area contributed by atoms with Crippen LogP contribution in [0.3, 0.4) is 0 Å². The molecule has 2 nitrogen and oxygen atoms in total. The van der Waals surface area contributed by atoms with Crippen LogP contribution in [0, 0.1) is 0 Å². The van der Waals surface area contributed by atoms with E-state index in [9.17, 15) is 5.11 Å². The lowest BCUT2D eigenvalue weighted by Gasteiger charge is -2.31. The predicted octanol–water partition coefficient (Wildman–Crippen LogP) is 1.88. The minimum absolute atomic E-state index is 0.00701. The fourth-order valence-electron chi connectivity index (χ4n) is 1.87. The van der Waals surface area contributed by atoms with Gasteiger partial charge in [-0.3, -0.25) is 0 Å². The van der Waals surface area contributed by atoms with Gasteiger partial charge in [-0.2, -0.15) is 0 Å². The van der Waals surface area contributed by atoms with Crippen molar-refractivity contribution in [2.75, 3.05) is 6.61 Å². The van der Waals surface area contributed by atoms with Crippen molar-refractivity contribution in [3.63, 3.8) is 0 Å². The Morgan fingerprint density at radius 2 is 2.46 bits per heavy atom. The van der Waals surface area contributed by atoms with E-state index >= 15 is 0 Å². The fourth-order valence-corrected chi connectivity index (χ4v) is 3.29. The normalized spacial score (nSPS) is 27.3. The van der Waals surface area contributed by atoms with Gasteiger partial charge in [0.25, 0.3) is 0 Å². The van der Waals surface area contributed by atoms with Crippen molar-refractivity contribution in [1.82, 2.24) is 0 Å². The van der Waals surface area contributed by atoms with Crippen LogP contribution in [0.2, 0.25) is 4.34 Å². The van der Waals surface area contributed by atoms with E-state index in [2.05, 4.69) is 0 Å². The van der Waals surface area contributed by atoms with Gasteiger partial charge in [-0.1, -0.05) is 11.6 Å². The van der Waals surface area contributed by atoms with Crippen molar-refractivity contribution < 1.29 is 5.11 Å². The summed E-state index contributed by atoms with van der Waals surface area (Å²) in [5.41, 5.74) is 6.59. The Bertz CT molecular complexity index is 325. The van der Waals surface area contributed by atoms with Crippen molar-refractivity contribution in [3.8, 4) is 0 Å². The first kappa shape index (κ1) is 9.46. The van der Waals surface area contributed by atoms with Crippen LogP contribution in [0.25, 0.3) is 0 Å². The molecule has 0 aliphatic heterocycles. The lowest BCUT2D eigenvalue weighted by molar-refractivity contribution is 0.179. The molecule has 0 radical (unpaired) electrons. The monoisotopic (exact) mass is 217 g/mol. The van der Waals surface area contributed by atoms with Gasteiger partial charge in [0.1, 0.15) is 0 Å². The smallest absolute Gasteiger partial charge is 0.0934 e. The molecule has 0 saturated heterocycles. The fraction of sp³-hybridized carbons (Fsp3) is 0.556. The van der Waals surface area contributed by atoms with E-state index in [1.165, 1.54) is 4.88 Å². The molecule has 1 unspecified atom stereocenters. The van der Waals surface area contributed by atoms with Crippen LogP contribution < -0.4 is 5.73 Å². The number of rotatable bonds is 1. The minimum atomic E-state index is -0.544. The number of aliphatic hydroxyl groups excluding tert-OH is 1. The third-order valence-corrected chi connectivity index (χ3v) is 3.95. The lowest BCUT2D eigenvalue weighted by Crippen LogP contribution is -2.42. The maximum Gasteiger partial charge on any atom is 0.0934 e. The Balaban J connectivity index is 2.47. The molecule has 0 aromatic carbocycles. The molecular formula is C9H12ClNOS. The van der Waals surface area contributed by atoms with Crippen molar-refractivity contribution in [2.45, 2.75) is 24.8 Å². The summed E-state index contributed by atoms with van der Waals surface area (Å²) >= 11 is 7.50. The second-order valence-corrected chi connectivity index (χ2v) is 5.32. The summed E-state index contributed by atoms with van der Waals surface area (Å²) in [4.78, 5) is 1.24. The second-order valence-electron chi connectivity index (χ2n) is 3.56. The van der Waals surface area contributed by atoms with Crippen molar-refractivity contribution in [3.05, 3.63) is 20.8 Å². The van der Waals surface area contributed by atoms with Gasteiger partial charge in [0.05, 0.1) is 16.5 Å². The number of aryl methyl sites for hydroxylation is 1. The van der Waals surface area contributed by atoms with Gasteiger partial charge in [0.2, 0.25) is 0 Å². The highest BCUT2D eigenvalue weighted by atomic mass is 35.5. The number of hydrogen-bond donors (Lipinski definition) is 2. The third-order valence-electron chi connectivity index (χ3n) is 2.62. The van der Waals surface area contributed by atoms with Gasteiger partial charge in [0, 0.05) is 4.88 Å². The molecule has 2 rings (SSSR count). The Hall–Kier alpha value is -0.0900. The number of nitrogens with two attached hydrogens (primary N) is 1. The van der Waals surface area contributed by atoms with Crippen molar-refractivity contribution >= 4 is 22.9 Å². The van der Waals surface area contributed by atoms with Gasteiger partial charge in [0.15, 0.2) is 0 Å². The Kier molecular flexibility index (Phi) is 2.36. The summed E-state index contributed by atoms with van der Waals surface area (Å²) in [7, 11) is 0. The van der Waals surface area contributed by atoms with Crippen LogP contribution in [0.1, 0.15) is 23.3 Å². The molecule has 1 aliphatic carbocycles. The molecule has 0 spiro atoms. The largest absolute Gasteiger partial charge is 0.394 e. The summed E-state index contributed by atoms with van der Waals surface area (Å²) < 4.78 is 0.773. The average Bonchev–Trinajstić information content (AvgIpc) is 2.48. The summed E-state index contributed by atoms with van der Waals surface area (Å²) in [6.07, 6.45) is 2.94. The quantitative estimate of drug-likeness (QED) is 0.755. The maximum atomic E-state index is 9.24. The van der Waals surface area contributed by atoms with E-state index < -0.39 is 5.54 Å². The van der Waals surface area contributed by atoms with Crippen LogP contribution >= 0.6 is 22.9 Å². The van der Waals surface area contributed by atoms with Gasteiger partial charge in [-0.05, 0) is 30.9 Å². The number of thiophene rings is 1. The zero-order valence-electron chi connectivity index (χ0n) is 7.22. The molecule has 1 aliphatic rings. The first-order chi connectivity index (χ1) is 6.15. The van der Waals surface area contributed by atoms with E-state index in [1.807, 2.05) is 6.07 Å². The highest BCUT2D eigenvalue weighted by molar-refractivity contribution is 7.16. The van der Waals surface area contributed by atoms with E-state index in [-0.39, 0.29) is 6.61 Å². The van der Waals surface area contributed by atoms with Crippen LogP contribution in [0.5, 0.6) is 0 Å². The first-order valence-corrected chi connectivity index (χ1v) is 5.53. The standard InChI is InChI=1S/C9H12ClNOS/c10-8-4-6-7(13-8)2-1-3-9(6,11)5-12/h4,12H,1-3,5,11H2. The molecule has 0 fully saturated rings. The zero-order chi connectivity index (χ0) is 9.47. The van der Waals surface area contributed by atoms with Gasteiger partial charge < -0.3 is 10.8 Å².